The van der Waals surface area contributed by atoms with Gasteiger partial charge in [0.25, 0.3) is 0 Å². The van der Waals surface area contributed by atoms with Gasteiger partial charge in [-0.15, -0.1) is 12.6 Å². The van der Waals surface area contributed by atoms with Gasteiger partial charge in [0.05, 0.1) is 0 Å². The van der Waals surface area contributed by atoms with Crippen LogP contribution in [-0.4, -0.2) is 0 Å². The molecule has 0 amide bonds. The van der Waals surface area contributed by atoms with Gasteiger partial charge in [-0.05, 0) is 30.1 Å². The van der Waals surface area contributed by atoms with Crippen LogP contribution in [0.5, 0.6) is 0 Å². The predicted octanol–water partition coefficient (Wildman–Crippen LogP) is 2.62. The lowest BCUT2D eigenvalue weighted by Gasteiger charge is -2.14. The maximum Gasteiger partial charge on any atom is -0.0198 e. The maximum absolute atomic E-state index is 4.28. The van der Waals surface area contributed by atoms with Crippen molar-refractivity contribution in [2.75, 3.05) is 0 Å². The summed E-state index contributed by atoms with van der Waals surface area (Å²) in [6.07, 6.45) is 6.01. The SMILES string of the molecule is CC1CCC=C(S)C1. The molecule has 1 unspecified atom stereocenters. The number of hydrogen-bond acceptors (Lipinski definition) is 1. The van der Waals surface area contributed by atoms with Crippen molar-refractivity contribution >= 4 is 12.6 Å². The molecule has 0 N–H and O–H groups in total. The lowest BCUT2D eigenvalue weighted by atomic mass is 9.96. The second kappa shape index (κ2) is 2.58. The van der Waals surface area contributed by atoms with E-state index in [2.05, 4.69) is 25.6 Å². The third-order valence-corrected chi connectivity index (χ3v) is 1.96. The average molecular weight is 128 g/mol. The van der Waals surface area contributed by atoms with Gasteiger partial charge in [0.2, 0.25) is 0 Å². The molecule has 1 atom stereocenters. The van der Waals surface area contributed by atoms with Crippen LogP contribution in [0.2, 0.25) is 0 Å². The van der Waals surface area contributed by atoms with E-state index in [1.54, 1.807) is 0 Å². The molecule has 1 heteroatoms. The Hall–Kier alpha value is 0.0900. The summed E-state index contributed by atoms with van der Waals surface area (Å²) >= 11 is 4.28. The minimum absolute atomic E-state index is 0.868. The van der Waals surface area contributed by atoms with Gasteiger partial charge < -0.3 is 0 Å². The fraction of sp³-hybridized carbons (Fsp3) is 0.714. The smallest absolute Gasteiger partial charge is 0.0198 e. The molecule has 46 valence electrons. The Bertz CT molecular complexity index is 105. The molecular formula is C7H12S. The monoisotopic (exact) mass is 128 g/mol. The van der Waals surface area contributed by atoms with Crippen LogP contribution in [0.15, 0.2) is 11.0 Å². The minimum atomic E-state index is 0.868. The van der Waals surface area contributed by atoms with Gasteiger partial charge in [-0.2, -0.15) is 0 Å². The topological polar surface area (TPSA) is 0 Å². The zero-order valence-electron chi connectivity index (χ0n) is 5.22. The number of allylic oxidation sites excluding steroid dienone is 2. The lowest BCUT2D eigenvalue weighted by Crippen LogP contribution is -1.98. The van der Waals surface area contributed by atoms with E-state index in [9.17, 15) is 0 Å². The van der Waals surface area contributed by atoms with Crippen molar-refractivity contribution < 1.29 is 0 Å². The van der Waals surface area contributed by atoms with Gasteiger partial charge in [-0.25, -0.2) is 0 Å². The molecule has 1 rings (SSSR count). The summed E-state index contributed by atoms with van der Waals surface area (Å²) in [5.41, 5.74) is 0. The maximum atomic E-state index is 4.28. The summed E-state index contributed by atoms with van der Waals surface area (Å²) in [6.45, 7) is 2.28. The molecule has 0 spiro atoms. The highest BCUT2D eigenvalue weighted by Gasteiger charge is 2.06. The van der Waals surface area contributed by atoms with E-state index >= 15 is 0 Å². The van der Waals surface area contributed by atoms with Gasteiger partial charge in [0.15, 0.2) is 0 Å². The van der Waals surface area contributed by atoms with E-state index in [4.69, 9.17) is 0 Å². The average Bonchev–Trinajstić information content (AvgIpc) is 1.64. The molecule has 0 saturated carbocycles. The van der Waals surface area contributed by atoms with E-state index in [1.807, 2.05) is 0 Å². The van der Waals surface area contributed by atoms with Crippen LogP contribution >= 0.6 is 12.6 Å². The highest BCUT2D eigenvalue weighted by atomic mass is 32.1. The van der Waals surface area contributed by atoms with E-state index < -0.39 is 0 Å². The van der Waals surface area contributed by atoms with Crippen molar-refractivity contribution in [2.24, 2.45) is 5.92 Å². The number of hydrogen-bond donors (Lipinski definition) is 1. The third-order valence-electron chi connectivity index (χ3n) is 1.60. The standard InChI is InChI=1S/C7H12S/c1-6-3-2-4-7(8)5-6/h4,6,8H,2-3,5H2,1H3. The van der Waals surface area contributed by atoms with Gasteiger partial charge in [-0.1, -0.05) is 13.0 Å². The molecule has 0 heterocycles. The second-order valence-corrected chi connectivity index (χ2v) is 3.16. The van der Waals surface area contributed by atoms with Gasteiger partial charge in [0, 0.05) is 0 Å². The predicted molar refractivity (Wildman–Crippen MR) is 40.1 cm³/mol. The van der Waals surface area contributed by atoms with E-state index in [0.717, 1.165) is 5.92 Å². The highest BCUT2D eigenvalue weighted by Crippen LogP contribution is 2.24. The molecule has 0 aromatic rings. The minimum Gasteiger partial charge on any atom is -0.148 e. The Balaban J connectivity index is 2.45. The first-order valence-corrected chi connectivity index (χ1v) is 3.62. The molecular weight excluding hydrogens is 116 g/mol. The zero-order chi connectivity index (χ0) is 5.98. The van der Waals surface area contributed by atoms with Crippen molar-refractivity contribution in [2.45, 2.75) is 26.2 Å². The Morgan fingerprint density at radius 2 is 2.50 bits per heavy atom. The molecule has 8 heavy (non-hydrogen) atoms. The van der Waals surface area contributed by atoms with Gasteiger partial charge >= 0.3 is 0 Å². The summed E-state index contributed by atoms with van der Waals surface area (Å²) in [5, 5.41) is 0. The quantitative estimate of drug-likeness (QED) is 0.476. The second-order valence-electron chi connectivity index (χ2n) is 2.58. The number of thiol groups is 1. The summed E-state index contributed by atoms with van der Waals surface area (Å²) < 4.78 is 0. The molecule has 0 saturated heterocycles. The van der Waals surface area contributed by atoms with E-state index in [-0.39, 0.29) is 0 Å². The molecule has 0 bridgehead atoms. The van der Waals surface area contributed by atoms with Crippen LogP contribution < -0.4 is 0 Å². The van der Waals surface area contributed by atoms with Crippen molar-refractivity contribution in [3.63, 3.8) is 0 Å². The molecule has 0 aromatic heterocycles. The molecule has 0 aromatic carbocycles. The Morgan fingerprint density at radius 1 is 1.75 bits per heavy atom. The van der Waals surface area contributed by atoms with Gasteiger partial charge in [0.1, 0.15) is 0 Å². The van der Waals surface area contributed by atoms with E-state index in [0.29, 0.717) is 0 Å². The molecule has 0 aliphatic heterocycles. The number of rotatable bonds is 0. The van der Waals surface area contributed by atoms with Crippen molar-refractivity contribution in [3.05, 3.63) is 11.0 Å². The Morgan fingerprint density at radius 3 is 2.88 bits per heavy atom. The van der Waals surface area contributed by atoms with Crippen LogP contribution in [0.3, 0.4) is 0 Å². The normalized spacial score (nSPS) is 29.8. The molecule has 0 fully saturated rings. The first kappa shape index (κ1) is 6.21. The van der Waals surface area contributed by atoms with E-state index in [1.165, 1.54) is 24.2 Å². The largest absolute Gasteiger partial charge is 0.148 e. The highest BCUT2D eigenvalue weighted by molar-refractivity contribution is 7.84. The molecule has 0 radical (unpaired) electrons. The molecule has 1 aliphatic carbocycles. The van der Waals surface area contributed by atoms with Crippen molar-refractivity contribution in [1.29, 1.82) is 0 Å². The van der Waals surface area contributed by atoms with Crippen molar-refractivity contribution in [1.82, 2.24) is 0 Å². The lowest BCUT2D eigenvalue weighted by molar-refractivity contribution is 0.523. The van der Waals surface area contributed by atoms with Crippen LogP contribution in [-0.2, 0) is 0 Å². The Labute approximate surface area is 56.4 Å². The third kappa shape index (κ3) is 1.55. The first-order chi connectivity index (χ1) is 3.79. The summed E-state index contributed by atoms with van der Waals surface area (Å²) in [5.74, 6) is 0.868. The van der Waals surface area contributed by atoms with Crippen LogP contribution in [0.1, 0.15) is 26.2 Å². The zero-order valence-corrected chi connectivity index (χ0v) is 6.12. The first-order valence-electron chi connectivity index (χ1n) is 3.17. The summed E-state index contributed by atoms with van der Waals surface area (Å²) in [4.78, 5) is 1.28. The Kier molecular flexibility index (Phi) is 2.01. The molecule has 1 aliphatic rings. The fourth-order valence-corrected chi connectivity index (χ4v) is 1.52. The van der Waals surface area contributed by atoms with Gasteiger partial charge in [-0.3, -0.25) is 0 Å². The van der Waals surface area contributed by atoms with Crippen LogP contribution in [0, 0.1) is 5.92 Å². The summed E-state index contributed by atoms with van der Waals surface area (Å²) in [6, 6.07) is 0. The molecule has 0 nitrogen and oxygen atoms in total. The van der Waals surface area contributed by atoms with Crippen LogP contribution in [0.4, 0.5) is 0 Å². The summed E-state index contributed by atoms with van der Waals surface area (Å²) in [7, 11) is 0. The fourth-order valence-electron chi connectivity index (χ4n) is 1.08. The van der Waals surface area contributed by atoms with Crippen LogP contribution in [0.25, 0.3) is 0 Å². The van der Waals surface area contributed by atoms with Crippen molar-refractivity contribution in [3.8, 4) is 0 Å².